The van der Waals surface area contributed by atoms with Crippen LogP contribution in [0.2, 0.25) is 0 Å². The molecule has 2 fully saturated rings. The van der Waals surface area contributed by atoms with Gasteiger partial charge >= 0.3 is 0 Å². The van der Waals surface area contributed by atoms with Gasteiger partial charge in [-0.2, -0.15) is 0 Å². The third-order valence-corrected chi connectivity index (χ3v) is 5.44. The molecule has 4 heterocycles. The standard InChI is InChI=1S/C18H27N5/c1-22-11-3-2-8-16(22)18-21-15-7-5-10-20-17(15)23(18)13-14-6-4-9-19-12-14/h5,7,10,14,16,19H,2-4,6,8-9,11-13H2,1H3. The lowest BCUT2D eigenvalue weighted by atomic mass is 9.98. The maximum absolute atomic E-state index is 4.99. The summed E-state index contributed by atoms with van der Waals surface area (Å²) in [5.74, 6) is 1.92. The molecule has 0 amide bonds. The van der Waals surface area contributed by atoms with Gasteiger partial charge in [0.15, 0.2) is 5.65 Å². The Balaban J connectivity index is 1.71. The number of fused-ring (bicyclic) bond motifs is 1. The lowest BCUT2D eigenvalue weighted by Crippen LogP contribution is -2.35. The van der Waals surface area contributed by atoms with E-state index < -0.39 is 0 Å². The quantitative estimate of drug-likeness (QED) is 0.946. The maximum Gasteiger partial charge on any atom is 0.160 e. The minimum atomic E-state index is 0.439. The van der Waals surface area contributed by atoms with E-state index in [1.165, 1.54) is 44.5 Å². The molecule has 0 aliphatic carbocycles. The lowest BCUT2D eigenvalue weighted by Gasteiger charge is -2.33. The van der Waals surface area contributed by atoms with E-state index in [-0.39, 0.29) is 0 Å². The Morgan fingerprint density at radius 1 is 1.26 bits per heavy atom. The summed E-state index contributed by atoms with van der Waals surface area (Å²) >= 11 is 0. The minimum Gasteiger partial charge on any atom is -0.316 e. The normalized spacial score (nSPS) is 26.7. The molecular weight excluding hydrogens is 286 g/mol. The lowest BCUT2D eigenvalue weighted by molar-refractivity contribution is 0.173. The van der Waals surface area contributed by atoms with Crippen LogP contribution < -0.4 is 5.32 Å². The summed E-state index contributed by atoms with van der Waals surface area (Å²) in [6.45, 7) is 4.50. The first kappa shape index (κ1) is 15.1. The third-order valence-electron chi connectivity index (χ3n) is 5.44. The van der Waals surface area contributed by atoms with Crippen LogP contribution in [0.1, 0.15) is 44.0 Å². The van der Waals surface area contributed by atoms with Crippen LogP contribution in [0.3, 0.4) is 0 Å². The van der Waals surface area contributed by atoms with E-state index in [4.69, 9.17) is 4.98 Å². The van der Waals surface area contributed by atoms with Gasteiger partial charge in [-0.1, -0.05) is 6.42 Å². The van der Waals surface area contributed by atoms with Crippen molar-refractivity contribution >= 4 is 11.2 Å². The number of piperidine rings is 2. The number of rotatable bonds is 3. The van der Waals surface area contributed by atoms with Gasteiger partial charge in [-0.15, -0.1) is 0 Å². The zero-order chi connectivity index (χ0) is 15.6. The molecule has 23 heavy (non-hydrogen) atoms. The minimum absolute atomic E-state index is 0.439. The highest BCUT2D eigenvalue weighted by Gasteiger charge is 2.28. The second kappa shape index (κ2) is 6.57. The molecule has 124 valence electrons. The monoisotopic (exact) mass is 313 g/mol. The molecule has 2 aromatic rings. The maximum atomic E-state index is 4.99. The van der Waals surface area contributed by atoms with Crippen molar-refractivity contribution in [3.8, 4) is 0 Å². The SMILES string of the molecule is CN1CCCCC1c1nc2cccnc2n1CC1CCCNC1. The molecule has 1 N–H and O–H groups in total. The van der Waals surface area contributed by atoms with Crippen molar-refractivity contribution in [1.82, 2.24) is 24.8 Å². The van der Waals surface area contributed by atoms with Gasteiger partial charge in [0, 0.05) is 12.7 Å². The number of hydrogen-bond acceptors (Lipinski definition) is 4. The van der Waals surface area contributed by atoms with E-state index in [9.17, 15) is 0 Å². The molecule has 0 bridgehead atoms. The molecule has 2 unspecified atom stereocenters. The summed E-state index contributed by atoms with van der Waals surface area (Å²) in [5, 5.41) is 3.54. The van der Waals surface area contributed by atoms with Crippen molar-refractivity contribution < 1.29 is 0 Å². The Morgan fingerprint density at radius 3 is 3.04 bits per heavy atom. The van der Waals surface area contributed by atoms with Gasteiger partial charge in [0.05, 0.1) is 6.04 Å². The van der Waals surface area contributed by atoms with Gasteiger partial charge < -0.3 is 9.88 Å². The van der Waals surface area contributed by atoms with Crippen LogP contribution in [-0.2, 0) is 6.54 Å². The molecule has 0 aromatic carbocycles. The molecule has 2 saturated heterocycles. The Kier molecular flexibility index (Phi) is 4.31. The largest absolute Gasteiger partial charge is 0.316 e. The van der Waals surface area contributed by atoms with Gasteiger partial charge in [-0.3, -0.25) is 4.90 Å². The molecule has 2 aromatic heterocycles. The van der Waals surface area contributed by atoms with E-state index >= 15 is 0 Å². The first-order chi connectivity index (χ1) is 11.3. The fraction of sp³-hybridized carbons (Fsp3) is 0.667. The summed E-state index contributed by atoms with van der Waals surface area (Å²) in [6, 6.07) is 4.54. The van der Waals surface area contributed by atoms with Crippen molar-refractivity contribution in [1.29, 1.82) is 0 Å². The predicted octanol–water partition coefficient (Wildman–Crippen LogP) is 2.59. The highest BCUT2D eigenvalue weighted by atomic mass is 15.2. The zero-order valence-electron chi connectivity index (χ0n) is 14.0. The second-order valence-electron chi connectivity index (χ2n) is 7.13. The first-order valence-electron chi connectivity index (χ1n) is 9.05. The molecule has 0 spiro atoms. The molecule has 0 radical (unpaired) electrons. The van der Waals surface area contributed by atoms with E-state index in [1.54, 1.807) is 0 Å². The smallest absolute Gasteiger partial charge is 0.160 e. The highest BCUT2D eigenvalue weighted by Crippen LogP contribution is 2.31. The fourth-order valence-corrected chi connectivity index (χ4v) is 4.15. The Bertz CT molecular complexity index is 658. The van der Waals surface area contributed by atoms with Gasteiger partial charge in [0.25, 0.3) is 0 Å². The predicted molar refractivity (Wildman–Crippen MR) is 92.3 cm³/mol. The summed E-state index contributed by atoms with van der Waals surface area (Å²) in [7, 11) is 2.24. The molecule has 2 aliphatic rings. The first-order valence-corrected chi connectivity index (χ1v) is 9.05. The van der Waals surface area contributed by atoms with Gasteiger partial charge in [0.2, 0.25) is 0 Å². The number of aromatic nitrogens is 3. The average molecular weight is 313 g/mol. The molecule has 0 saturated carbocycles. The average Bonchev–Trinajstić information content (AvgIpc) is 2.95. The molecule has 2 aliphatic heterocycles. The van der Waals surface area contributed by atoms with Gasteiger partial charge in [0.1, 0.15) is 11.3 Å². The van der Waals surface area contributed by atoms with Crippen LogP contribution in [0, 0.1) is 5.92 Å². The summed E-state index contributed by atoms with van der Waals surface area (Å²) in [5.41, 5.74) is 2.11. The van der Waals surface area contributed by atoms with Crippen LogP contribution in [0.4, 0.5) is 0 Å². The Labute approximate surface area is 138 Å². The number of hydrogen-bond donors (Lipinski definition) is 1. The topological polar surface area (TPSA) is 46.0 Å². The molecule has 4 rings (SSSR count). The number of pyridine rings is 1. The summed E-state index contributed by atoms with van der Waals surface area (Å²) < 4.78 is 2.42. The van der Waals surface area contributed by atoms with Gasteiger partial charge in [-0.05, 0) is 70.4 Å². The van der Waals surface area contributed by atoms with Crippen LogP contribution in [0.5, 0.6) is 0 Å². The highest BCUT2D eigenvalue weighted by molar-refractivity contribution is 5.71. The van der Waals surface area contributed by atoms with Crippen LogP contribution in [0.15, 0.2) is 18.3 Å². The number of nitrogens with zero attached hydrogens (tertiary/aromatic N) is 4. The van der Waals surface area contributed by atoms with Crippen molar-refractivity contribution in [2.24, 2.45) is 5.92 Å². The van der Waals surface area contributed by atoms with E-state index in [0.717, 1.165) is 30.8 Å². The van der Waals surface area contributed by atoms with E-state index in [1.807, 2.05) is 12.3 Å². The second-order valence-corrected chi connectivity index (χ2v) is 7.13. The van der Waals surface area contributed by atoms with Crippen molar-refractivity contribution in [3.63, 3.8) is 0 Å². The molecular formula is C18H27N5. The Hall–Kier alpha value is -1.46. The number of nitrogens with one attached hydrogen (secondary N) is 1. The van der Waals surface area contributed by atoms with Crippen molar-refractivity contribution in [3.05, 3.63) is 24.2 Å². The third kappa shape index (κ3) is 3.00. The molecule has 2 atom stereocenters. The van der Waals surface area contributed by atoms with E-state index in [0.29, 0.717) is 12.0 Å². The zero-order valence-corrected chi connectivity index (χ0v) is 14.0. The van der Waals surface area contributed by atoms with Crippen molar-refractivity contribution in [2.45, 2.75) is 44.7 Å². The number of imidazole rings is 1. The molecule has 5 nitrogen and oxygen atoms in total. The van der Waals surface area contributed by atoms with Crippen molar-refractivity contribution in [2.75, 3.05) is 26.7 Å². The number of likely N-dealkylation sites (tertiary alicyclic amines) is 1. The van der Waals surface area contributed by atoms with Crippen LogP contribution in [0.25, 0.3) is 11.2 Å². The molecule has 5 heteroatoms. The van der Waals surface area contributed by atoms with Gasteiger partial charge in [-0.25, -0.2) is 9.97 Å². The summed E-state index contributed by atoms with van der Waals surface area (Å²) in [4.78, 5) is 12.1. The van der Waals surface area contributed by atoms with Crippen LogP contribution >= 0.6 is 0 Å². The Morgan fingerprint density at radius 2 is 2.22 bits per heavy atom. The fourth-order valence-electron chi connectivity index (χ4n) is 4.15. The van der Waals surface area contributed by atoms with E-state index in [2.05, 4.69) is 32.9 Å². The summed E-state index contributed by atoms with van der Waals surface area (Å²) in [6.07, 6.45) is 8.30. The van der Waals surface area contributed by atoms with Crippen LogP contribution in [-0.4, -0.2) is 46.1 Å².